The molecule has 0 aromatic heterocycles. The zero-order chi connectivity index (χ0) is 11.1. The molecule has 0 saturated carbocycles. The van der Waals surface area contributed by atoms with Crippen molar-refractivity contribution < 1.29 is 9.53 Å². The van der Waals surface area contributed by atoms with Crippen LogP contribution in [0.25, 0.3) is 0 Å². The third kappa shape index (κ3) is 1.67. The van der Waals surface area contributed by atoms with E-state index >= 15 is 0 Å². The Balaban J connectivity index is 2.40. The number of ether oxygens (including phenoxy) is 1. The van der Waals surface area contributed by atoms with Gasteiger partial charge in [-0.05, 0) is 12.5 Å². The number of rotatable bonds is 1. The minimum Gasteiger partial charge on any atom is -0.453 e. The van der Waals surface area contributed by atoms with E-state index in [0.29, 0.717) is 0 Å². The van der Waals surface area contributed by atoms with E-state index in [-0.39, 0.29) is 15.8 Å². The summed E-state index contributed by atoms with van der Waals surface area (Å²) in [6, 6.07) is 9.94. The Morgan fingerprint density at radius 3 is 2.40 bits per heavy atom. The Labute approximate surface area is 103 Å². The SMILES string of the molecule is C[C@@H]1C(=O)O[C@](C)(c2ccccc2)[C@H]1I. The monoisotopic (exact) mass is 316 g/mol. The van der Waals surface area contributed by atoms with Crippen LogP contribution in [0, 0.1) is 5.92 Å². The Hall–Kier alpha value is -0.580. The van der Waals surface area contributed by atoms with Gasteiger partial charge in [-0.25, -0.2) is 0 Å². The molecule has 1 aliphatic rings. The number of cyclic esters (lactones) is 1. The quantitative estimate of drug-likeness (QED) is 0.452. The molecule has 1 fully saturated rings. The summed E-state index contributed by atoms with van der Waals surface area (Å²) in [6.45, 7) is 3.91. The summed E-state index contributed by atoms with van der Waals surface area (Å²) in [7, 11) is 0. The van der Waals surface area contributed by atoms with E-state index < -0.39 is 5.60 Å². The first-order chi connectivity index (χ1) is 7.05. The molecule has 1 saturated heterocycles. The summed E-state index contributed by atoms with van der Waals surface area (Å²) in [5.41, 5.74) is 0.598. The van der Waals surface area contributed by atoms with Crippen molar-refractivity contribution in [1.82, 2.24) is 0 Å². The van der Waals surface area contributed by atoms with Crippen molar-refractivity contribution in [3.05, 3.63) is 35.9 Å². The van der Waals surface area contributed by atoms with Crippen LogP contribution >= 0.6 is 22.6 Å². The van der Waals surface area contributed by atoms with Crippen LogP contribution in [0.15, 0.2) is 30.3 Å². The van der Waals surface area contributed by atoms with Gasteiger partial charge >= 0.3 is 5.97 Å². The molecule has 15 heavy (non-hydrogen) atoms. The second-order valence-corrected chi connectivity index (χ2v) is 5.43. The predicted octanol–water partition coefficient (Wildman–Crippen LogP) is 2.90. The van der Waals surface area contributed by atoms with Crippen LogP contribution < -0.4 is 0 Å². The molecule has 0 spiro atoms. The molecule has 0 radical (unpaired) electrons. The lowest BCUT2D eigenvalue weighted by atomic mass is 9.89. The van der Waals surface area contributed by atoms with E-state index in [1.54, 1.807) is 0 Å². The number of alkyl halides is 1. The zero-order valence-electron chi connectivity index (χ0n) is 8.74. The third-order valence-corrected chi connectivity index (χ3v) is 5.26. The van der Waals surface area contributed by atoms with Crippen LogP contribution in [0.5, 0.6) is 0 Å². The van der Waals surface area contributed by atoms with Gasteiger partial charge < -0.3 is 4.74 Å². The van der Waals surface area contributed by atoms with Gasteiger partial charge in [0, 0.05) is 0 Å². The Kier molecular flexibility index (Phi) is 2.75. The van der Waals surface area contributed by atoms with Gasteiger partial charge in [0.2, 0.25) is 0 Å². The van der Waals surface area contributed by atoms with E-state index in [4.69, 9.17) is 4.74 Å². The number of benzene rings is 1. The summed E-state index contributed by atoms with van der Waals surface area (Å²) in [5, 5.41) is 0. The highest BCUT2D eigenvalue weighted by atomic mass is 127. The lowest BCUT2D eigenvalue weighted by Crippen LogP contribution is -2.30. The molecule has 0 aliphatic carbocycles. The molecule has 3 atom stereocenters. The minimum absolute atomic E-state index is 0.0317. The van der Waals surface area contributed by atoms with Crippen molar-refractivity contribution in [2.45, 2.75) is 23.4 Å². The standard InChI is InChI=1S/C12H13IO2/c1-8-10(13)12(2,15-11(8)14)9-6-4-3-5-7-9/h3-8,10H,1-2H3/t8-,10-,12+/m0/s1. The van der Waals surface area contributed by atoms with Gasteiger partial charge in [0.25, 0.3) is 0 Å². The Bertz CT molecular complexity index is 376. The summed E-state index contributed by atoms with van der Waals surface area (Å²) in [6.07, 6.45) is 0. The molecule has 0 amide bonds. The Morgan fingerprint density at radius 1 is 1.33 bits per heavy atom. The summed E-state index contributed by atoms with van der Waals surface area (Å²) in [4.78, 5) is 11.5. The second kappa shape index (κ2) is 3.77. The molecule has 0 N–H and O–H groups in total. The van der Waals surface area contributed by atoms with Gasteiger partial charge in [-0.1, -0.05) is 59.8 Å². The Morgan fingerprint density at radius 2 is 1.93 bits per heavy atom. The van der Waals surface area contributed by atoms with Crippen molar-refractivity contribution in [1.29, 1.82) is 0 Å². The summed E-state index contributed by atoms with van der Waals surface area (Å²) < 4.78 is 5.70. The molecule has 0 bridgehead atoms. The van der Waals surface area contributed by atoms with Crippen LogP contribution in [0.2, 0.25) is 0 Å². The number of carbonyl (C=O) groups is 1. The first-order valence-corrected chi connectivity index (χ1v) is 6.22. The predicted molar refractivity (Wildman–Crippen MR) is 66.9 cm³/mol. The van der Waals surface area contributed by atoms with E-state index in [1.165, 1.54) is 0 Å². The fourth-order valence-corrected chi connectivity index (χ4v) is 2.72. The maximum absolute atomic E-state index is 11.5. The second-order valence-electron chi connectivity index (χ2n) is 4.08. The van der Waals surface area contributed by atoms with Crippen LogP contribution in [0.4, 0.5) is 0 Å². The van der Waals surface area contributed by atoms with Gasteiger partial charge in [-0.15, -0.1) is 0 Å². The van der Waals surface area contributed by atoms with Crippen molar-refractivity contribution in [2.24, 2.45) is 5.92 Å². The topological polar surface area (TPSA) is 26.3 Å². The molecule has 3 heteroatoms. The zero-order valence-corrected chi connectivity index (χ0v) is 10.9. The van der Waals surface area contributed by atoms with Crippen molar-refractivity contribution in [3.8, 4) is 0 Å². The number of halogens is 1. The number of hydrogen-bond acceptors (Lipinski definition) is 2. The number of carbonyl (C=O) groups excluding carboxylic acids is 1. The van der Waals surface area contributed by atoms with Gasteiger partial charge in [0.15, 0.2) is 0 Å². The van der Waals surface area contributed by atoms with E-state index in [1.807, 2.05) is 44.2 Å². The normalized spacial score (nSPS) is 35.3. The van der Waals surface area contributed by atoms with Gasteiger partial charge in [-0.2, -0.15) is 0 Å². The highest BCUT2D eigenvalue weighted by Gasteiger charge is 2.50. The molecule has 2 nitrogen and oxygen atoms in total. The molecule has 80 valence electrons. The summed E-state index contributed by atoms with van der Waals surface area (Å²) >= 11 is 2.31. The van der Waals surface area contributed by atoms with Crippen LogP contribution in [0.3, 0.4) is 0 Å². The molecule has 1 aromatic rings. The first-order valence-electron chi connectivity index (χ1n) is 4.98. The lowest BCUT2D eigenvalue weighted by Gasteiger charge is -2.27. The highest BCUT2D eigenvalue weighted by Crippen LogP contribution is 2.44. The average molecular weight is 316 g/mol. The first kappa shape index (κ1) is 10.9. The highest BCUT2D eigenvalue weighted by molar-refractivity contribution is 14.1. The molecule has 2 rings (SSSR count). The fraction of sp³-hybridized carbons (Fsp3) is 0.417. The van der Waals surface area contributed by atoms with Gasteiger partial charge in [0.05, 0.1) is 9.84 Å². The van der Waals surface area contributed by atoms with Gasteiger partial charge in [0.1, 0.15) is 5.60 Å². The van der Waals surface area contributed by atoms with E-state index in [9.17, 15) is 4.79 Å². The van der Waals surface area contributed by atoms with E-state index in [2.05, 4.69) is 22.6 Å². The lowest BCUT2D eigenvalue weighted by molar-refractivity contribution is -0.149. The summed E-state index contributed by atoms with van der Waals surface area (Å²) in [5.74, 6) is -0.128. The maximum Gasteiger partial charge on any atom is 0.310 e. The molecule has 1 heterocycles. The number of hydrogen-bond donors (Lipinski definition) is 0. The van der Waals surface area contributed by atoms with Gasteiger partial charge in [-0.3, -0.25) is 4.79 Å². The average Bonchev–Trinajstić information content (AvgIpc) is 2.45. The van der Waals surface area contributed by atoms with Crippen molar-refractivity contribution in [2.75, 3.05) is 0 Å². The van der Waals surface area contributed by atoms with Crippen molar-refractivity contribution >= 4 is 28.6 Å². The number of esters is 1. The molecule has 1 aliphatic heterocycles. The molecular formula is C12H13IO2. The molecular weight excluding hydrogens is 303 g/mol. The van der Waals surface area contributed by atoms with Crippen molar-refractivity contribution in [3.63, 3.8) is 0 Å². The smallest absolute Gasteiger partial charge is 0.310 e. The maximum atomic E-state index is 11.5. The molecule has 0 unspecified atom stereocenters. The van der Waals surface area contributed by atoms with Crippen LogP contribution in [0.1, 0.15) is 19.4 Å². The van der Waals surface area contributed by atoms with Crippen LogP contribution in [-0.4, -0.2) is 9.89 Å². The third-order valence-electron chi connectivity index (χ3n) is 3.00. The minimum atomic E-state index is -0.474. The largest absolute Gasteiger partial charge is 0.453 e. The molecule has 1 aromatic carbocycles. The van der Waals surface area contributed by atoms with Crippen LogP contribution in [-0.2, 0) is 15.1 Å². The van der Waals surface area contributed by atoms with E-state index in [0.717, 1.165) is 5.56 Å². The fourth-order valence-electron chi connectivity index (χ4n) is 1.94.